The van der Waals surface area contributed by atoms with Crippen LogP contribution in [0.3, 0.4) is 0 Å². The third-order valence-electron chi connectivity index (χ3n) is 2.68. The van der Waals surface area contributed by atoms with Crippen molar-refractivity contribution < 1.29 is 15.4 Å². The molecule has 2 N–H and O–H groups in total. The Hall–Kier alpha value is -1.68. The van der Waals surface area contributed by atoms with E-state index in [1.54, 1.807) is 6.92 Å². The topological polar surface area (TPSA) is 52.6 Å². The van der Waals surface area contributed by atoms with Gasteiger partial charge in [-0.05, 0) is 38.0 Å². The molecule has 1 aliphatic rings. The van der Waals surface area contributed by atoms with Gasteiger partial charge in [0.15, 0.2) is 0 Å². The molecule has 1 aliphatic heterocycles. The summed E-state index contributed by atoms with van der Waals surface area (Å²) in [6, 6.07) is 2.20. The summed E-state index contributed by atoms with van der Waals surface area (Å²) >= 11 is 5.88. The second-order valence-corrected chi connectivity index (χ2v) is 4.26. The van der Waals surface area contributed by atoms with E-state index in [-0.39, 0.29) is 29.6 Å². The number of hydrogen-bond donors (Lipinski definition) is 2. The van der Waals surface area contributed by atoms with E-state index in [1.807, 2.05) is 0 Å². The van der Waals surface area contributed by atoms with Gasteiger partial charge in [0.05, 0.1) is 7.41 Å². The first kappa shape index (κ1) is 8.43. The molecule has 0 aliphatic carbocycles. The predicted octanol–water partition coefficient (Wildman–Crippen LogP) is 3.04. The zero-order valence-corrected chi connectivity index (χ0v) is 10.5. The molecular weight excluding hydrogens is 252 g/mol. The molecule has 1 unspecified atom stereocenters. The molecule has 0 saturated heterocycles. The number of aromatic hydroxyl groups is 1. The van der Waals surface area contributed by atoms with Crippen molar-refractivity contribution >= 4 is 17.6 Å². The molecule has 0 spiro atoms. The first-order valence-electron chi connectivity index (χ1n) is 7.44. The number of halogens is 1. The van der Waals surface area contributed by atoms with Crippen LogP contribution in [0.2, 0.25) is 5.02 Å². The minimum absolute atomic E-state index is 0.121. The van der Waals surface area contributed by atoms with Crippen LogP contribution in [0, 0.1) is 0 Å². The number of allylic oxidation sites excluding steroid dienone is 1. The Morgan fingerprint density at radius 2 is 2.44 bits per heavy atom. The highest BCUT2D eigenvalue weighted by molar-refractivity contribution is 6.30. The number of benzene rings is 1. The maximum atomic E-state index is 12.1. The standard InChI is InChI=1S/C13H15ClN2O2/c1-3-16-8(2)6-11(15-13(16)18)10-7-9(14)4-5-12(10)17/h4-7,11,17H,3H2,1-2H3,(H,15,18)/i2D3,6D. The summed E-state index contributed by atoms with van der Waals surface area (Å²) in [6.45, 7) is -0.872. The number of hydrogen-bond acceptors (Lipinski definition) is 2. The van der Waals surface area contributed by atoms with Gasteiger partial charge in [0.2, 0.25) is 0 Å². The van der Waals surface area contributed by atoms with E-state index in [0.717, 1.165) is 4.90 Å². The largest absolute Gasteiger partial charge is 0.508 e. The molecule has 5 heteroatoms. The van der Waals surface area contributed by atoms with Gasteiger partial charge < -0.3 is 10.4 Å². The van der Waals surface area contributed by atoms with Gasteiger partial charge in [-0.1, -0.05) is 11.6 Å². The van der Waals surface area contributed by atoms with Crippen molar-refractivity contribution in [2.75, 3.05) is 6.54 Å². The van der Waals surface area contributed by atoms with E-state index < -0.39 is 18.9 Å². The Morgan fingerprint density at radius 3 is 3.11 bits per heavy atom. The fourth-order valence-electron chi connectivity index (χ4n) is 1.77. The molecule has 1 heterocycles. The first-order chi connectivity index (χ1) is 10.2. The average molecular weight is 271 g/mol. The number of nitrogens with zero attached hydrogens (tertiary/aromatic N) is 1. The molecule has 0 aromatic heterocycles. The van der Waals surface area contributed by atoms with Crippen LogP contribution in [0.5, 0.6) is 5.75 Å². The summed E-state index contributed by atoms with van der Waals surface area (Å²) in [5.41, 5.74) is -0.161. The number of nitrogens with one attached hydrogen (secondary N) is 1. The fourth-order valence-corrected chi connectivity index (χ4v) is 1.95. The lowest BCUT2D eigenvalue weighted by atomic mass is 10.0. The SMILES string of the molecule is [2H]C1=C(C([2H])([2H])[2H])N(CC)C(=O)NC1c1cc(Cl)ccc1O. The quantitative estimate of drug-likeness (QED) is 0.868. The van der Waals surface area contributed by atoms with Gasteiger partial charge in [-0.25, -0.2) is 4.79 Å². The van der Waals surface area contributed by atoms with Crippen LogP contribution < -0.4 is 5.32 Å². The Bertz CT molecular complexity index is 645. The van der Waals surface area contributed by atoms with E-state index in [9.17, 15) is 9.90 Å². The van der Waals surface area contributed by atoms with Crippen molar-refractivity contribution in [2.45, 2.75) is 19.8 Å². The summed E-state index contributed by atoms with van der Waals surface area (Å²) in [5, 5.41) is 12.8. The van der Waals surface area contributed by atoms with Gasteiger partial charge >= 0.3 is 6.03 Å². The Kier molecular flexibility index (Phi) is 2.29. The molecule has 1 aromatic carbocycles. The van der Waals surface area contributed by atoms with Gasteiger partial charge in [0.25, 0.3) is 0 Å². The Labute approximate surface area is 116 Å². The lowest BCUT2D eigenvalue weighted by Gasteiger charge is -2.31. The van der Waals surface area contributed by atoms with Crippen molar-refractivity contribution in [1.29, 1.82) is 0 Å². The monoisotopic (exact) mass is 270 g/mol. The van der Waals surface area contributed by atoms with Crippen molar-refractivity contribution in [1.82, 2.24) is 10.2 Å². The van der Waals surface area contributed by atoms with E-state index >= 15 is 0 Å². The number of carbonyl (C=O) groups excluding carboxylic acids is 1. The molecule has 1 aromatic rings. The third kappa shape index (κ3) is 2.29. The van der Waals surface area contributed by atoms with Crippen LogP contribution >= 0.6 is 11.6 Å². The van der Waals surface area contributed by atoms with Crippen LogP contribution in [0.25, 0.3) is 0 Å². The molecule has 4 nitrogen and oxygen atoms in total. The van der Waals surface area contributed by atoms with Crippen LogP contribution in [-0.2, 0) is 0 Å². The minimum Gasteiger partial charge on any atom is -0.508 e. The zero-order chi connectivity index (χ0) is 16.7. The van der Waals surface area contributed by atoms with E-state index in [4.69, 9.17) is 17.1 Å². The highest BCUT2D eigenvalue weighted by Crippen LogP contribution is 2.31. The number of carbonyl (C=O) groups is 1. The maximum absolute atomic E-state index is 12.1. The van der Waals surface area contributed by atoms with E-state index in [1.165, 1.54) is 18.2 Å². The average Bonchev–Trinajstić information content (AvgIpc) is 2.42. The lowest BCUT2D eigenvalue weighted by molar-refractivity contribution is 0.206. The summed E-state index contributed by atoms with van der Waals surface area (Å²) in [6.07, 6.45) is 0. The summed E-state index contributed by atoms with van der Waals surface area (Å²) in [4.78, 5) is 13.1. The molecule has 18 heavy (non-hydrogen) atoms. The van der Waals surface area contributed by atoms with Gasteiger partial charge in [-0.2, -0.15) is 0 Å². The minimum atomic E-state index is -2.61. The van der Waals surface area contributed by atoms with Crippen molar-refractivity contribution in [3.05, 3.63) is 40.5 Å². The summed E-state index contributed by atoms with van der Waals surface area (Å²) < 4.78 is 30.9. The van der Waals surface area contributed by atoms with Crippen molar-refractivity contribution in [3.63, 3.8) is 0 Å². The number of phenols is 1. The molecule has 0 fully saturated rings. The normalized spacial score (nSPS) is 24.0. The third-order valence-corrected chi connectivity index (χ3v) is 2.92. The lowest BCUT2D eigenvalue weighted by Crippen LogP contribution is -2.44. The zero-order valence-electron chi connectivity index (χ0n) is 13.7. The molecule has 0 bridgehead atoms. The summed E-state index contributed by atoms with van der Waals surface area (Å²) in [5.74, 6) is -0.172. The second-order valence-electron chi connectivity index (χ2n) is 3.82. The van der Waals surface area contributed by atoms with Crippen molar-refractivity contribution in [2.24, 2.45) is 0 Å². The van der Waals surface area contributed by atoms with Gasteiger partial charge in [-0.15, -0.1) is 0 Å². The Balaban J connectivity index is 2.63. The van der Waals surface area contributed by atoms with Crippen LogP contribution in [-0.4, -0.2) is 22.6 Å². The molecule has 96 valence electrons. The molecule has 2 rings (SSSR count). The molecule has 0 saturated carbocycles. The van der Waals surface area contributed by atoms with Crippen LogP contribution in [0.1, 0.15) is 30.9 Å². The number of phenolic OH excluding ortho intramolecular Hbond substituents is 1. The second kappa shape index (κ2) is 4.90. The van der Waals surface area contributed by atoms with Gasteiger partial charge in [0, 0.05) is 26.9 Å². The van der Waals surface area contributed by atoms with E-state index in [2.05, 4.69) is 5.32 Å². The highest BCUT2D eigenvalue weighted by atomic mass is 35.5. The molecular formula is C13H15ClN2O2. The van der Waals surface area contributed by atoms with Crippen molar-refractivity contribution in [3.8, 4) is 5.75 Å². The predicted molar refractivity (Wildman–Crippen MR) is 70.5 cm³/mol. The van der Waals surface area contributed by atoms with Gasteiger partial charge in [-0.3, -0.25) is 4.90 Å². The molecule has 1 atom stereocenters. The Morgan fingerprint density at radius 1 is 1.67 bits per heavy atom. The smallest absolute Gasteiger partial charge is 0.322 e. The highest BCUT2D eigenvalue weighted by Gasteiger charge is 2.25. The van der Waals surface area contributed by atoms with E-state index in [0.29, 0.717) is 5.02 Å². The van der Waals surface area contributed by atoms with Crippen LogP contribution in [0.15, 0.2) is 29.9 Å². The fraction of sp³-hybridized carbons (Fsp3) is 0.308. The first-order valence-corrected chi connectivity index (χ1v) is 5.82. The van der Waals surface area contributed by atoms with Crippen LogP contribution in [0.4, 0.5) is 4.79 Å². The molecule has 2 amide bonds. The number of rotatable bonds is 2. The number of amides is 2. The maximum Gasteiger partial charge on any atom is 0.322 e. The number of urea groups is 1. The molecule has 0 radical (unpaired) electrons. The summed E-state index contributed by atoms with van der Waals surface area (Å²) in [7, 11) is 0. The van der Waals surface area contributed by atoms with Gasteiger partial charge in [0.1, 0.15) is 5.75 Å².